The van der Waals surface area contributed by atoms with Crippen LogP contribution in [0, 0.1) is 17.2 Å². The average molecular weight is 500 g/mol. The summed E-state index contributed by atoms with van der Waals surface area (Å²) in [7, 11) is 3.64. The van der Waals surface area contributed by atoms with Crippen LogP contribution < -0.4 is 9.47 Å². The van der Waals surface area contributed by atoms with Crippen molar-refractivity contribution in [1.82, 2.24) is 9.88 Å². The number of rotatable bonds is 9. The molecule has 0 amide bonds. The van der Waals surface area contributed by atoms with Crippen molar-refractivity contribution in [1.29, 1.82) is 5.26 Å². The molecular formula is C30H33N3O4. The predicted molar refractivity (Wildman–Crippen MR) is 142 cm³/mol. The zero-order valence-electron chi connectivity index (χ0n) is 21.8. The highest BCUT2D eigenvalue weighted by Crippen LogP contribution is 2.38. The molecule has 0 saturated carbocycles. The van der Waals surface area contributed by atoms with Gasteiger partial charge in [0.15, 0.2) is 0 Å². The maximum atomic E-state index is 11.3. The Kier molecular flexibility index (Phi) is 8.10. The van der Waals surface area contributed by atoms with Gasteiger partial charge in [0.05, 0.1) is 18.6 Å². The first-order chi connectivity index (χ1) is 17.8. The molecule has 1 N–H and O–H groups in total. The number of pyridine rings is 1. The fraction of sp³-hybridized carbons (Fsp3) is 0.367. The molecule has 192 valence electrons. The number of fused-ring (bicyclic) bond motifs is 1. The standard InChI is InChI=1S/C30H33N3O4/c1-5-33(3)18-23-14-22(8-10-25(23)26-15-29(36-4)32-17-24(26)16-31)27-11-9-21-7-6-20(13-28(21)37-27)12-19(2)30(34)35/h6-8,10,13-15,17,19,27H,5,9,11-12,18H2,1-4H3,(H,34,35). The Bertz CT molecular complexity index is 1330. The molecule has 7 heteroatoms. The maximum Gasteiger partial charge on any atom is 0.306 e. The number of ether oxygens (including phenoxy) is 2. The molecule has 37 heavy (non-hydrogen) atoms. The van der Waals surface area contributed by atoms with Gasteiger partial charge in [-0.3, -0.25) is 4.79 Å². The summed E-state index contributed by atoms with van der Waals surface area (Å²) < 4.78 is 11.8. The number of methoxy groups -OCH3 is 1. The van der Waals surface area contributed by atoms with Crippen LogP contribution in [0.15, 0.2) is 48.7 Å². The molecule has 2 aromatic carbocycles. The van der Waals surface area contributed by atoms with Gasteiger partial charge < -0.3 is 19.5 Å². The average Bonchev–Trinajstić information content (AvgIpc) is 2.92. The second-order valence-electron chi connectivity index (χ2n) is 9.66. The zero-order chi connectivity index (χ0) is 26.5. The van der Waals surface area contributed by atoms with Crippen LogP contribution in [0.4, 0.5) is 0 Å². The molecule has 7 nitrogen and oxygen atoms in total. The highest BCUT2D eigenvalue weighted by Gasteiger charge is 2.24. The molecule has 1 aliphatic heterocycles. The Morgan fingerprint density at radius 1 is 1.27 bits per heavy atom. The number of aromatic nitrogens is 1. The molecule has 3 aromatic rings. The van der Waals surface area contributed by atoms with E-state index in [2.05, 4.69) is 54.2 Å². The van der Waals surface area contributed by atoms with Crippen LogP contribution in [-0.4, -0.2) is 41.7 Å². The fourth-order valence-electron chi connectivity index (χ4n) is 4.69. The monoisotopic (exact) mass is 499 g/mol. The lowest BCUT2D eigenvalue weighted by atomic mass is 9.90. The maximum absolute atomic E-state index is 11.3. The van der Waals surface area contributed by atoms with Crippen LogP contribution in [-0.2, 0) is 24.2 Å². The number of carboxylic acids is 1. The van der Waals surface area contributed by atoms with E-state index < -0.39 is 11.9 Å². The molecule has 0 bridgehead atoms. The quantitative estimate of drug-likeness (QED) is 0.420. The first-order valence-corrected chi connectivity index (χ1v) is 12.6. The first kappa shape index (κ1) is 26.2. The van der Waals surface area contributed by atoms with E-state index in [-0.39, 0.29) is 6.10 Å². The third-order valence-electron chi connectivity index (χ3n) is 7.02. The summed E-state index contributed by atoms with van der Waals surface area (Å²) in [6.45, 7) is 5.44. The summed E-state index contributed by atoms with van der Waals surface area (Å²) in [6, 6.07) is 16.4. The Morgan fingerprint density at radius 3 is 2.78 bits per heavy atom. The highest BCUT2D eigenvalue weighted by molar-refractivity contribution is 5.74. The summed E-state index contributed by atoms with van der Waals surface area (Å²) >= 11 is 0. The van der Waals surface area contributed by atoms with Crippen molar-refractivity contribution in [3.63, 3.8) is 0 Å². The van der Waals surface area contributed by atoms with Gasteiger partial charge in [-0.25, -0.2) is 4.98 Å². The lowest BCUT2D eigenvalue weighted by molar-refractivity contribution is -0.141. The predicted octanol–water partition coefficient (Wildman–Crippen LogP) is 5.41. The van der Waals surface area contributed by atoms with Crippen molar-refractivity contribution in [2.45, 2.75) is 45.8 Å². The molecule has 2 atom stereocenters. The van der Waals surface area contributed by atoms with E-state index in [1.54, 1.807) is 20.2 Å². The smallest absolute Gasteiger partial charge is 0.306 e. The molecule has 0 spiro atoms. The van der Waals surface area contributed by atoms with Crippen LogP contribution in [0.25, 0.3) is 11.1 Å². The number of carbonyl (C=O) groups is 1. The zero-order valence-corrected chi connectivity index (χ0v) is 21.8. The number of hydrogen-bond acceptors (Lipinski definition) is 6. The molecule has 1 aliphatic rings. The van der Waals surface area contributed by atoms with Crippen LogP contribution in [0.1, 0.15) is 54.2 Å². The van der Waals surface area contributed by atoms with E-state index in [0.29, 0.717) is 17.9 Å². The third-order valence-corrected chi connectivity index (χ3v) is 7.02. The topological polar surface area (TPSA) is 95.7 Å². The van der Waals surface area contributed by atoms with Crippen LogP contribution in [0.5, 0.6) is 11.6 Å². The summed E-state index contributed by atoms with van der Waals surface area (Å²) in [5.74, 6) is 0.0437. The SMILES string of the molecule is CCN(C)Cc1cc(C2CCc3ccc(CC(C)C(=O)O)cc3O2)ccc1-c1cc(OC)ncc1C#N. The lowest BCUT2D eigenvalue weighted by Crippen LogP contribution is -2.19. The Labute approximate surface area is 218 Å². The molecule has 0 fully saturated rings. The van der Waals surface area contributed by atoms with Crippen molar-refractivity contribution in [2.24, 2.45) is 5.92 Å². The number of hydrogen-bond donors (Lipinski definition) is 1. The second-order valence-corrected chi connectivity index (χ2v) is 9.66. The van der Waals surface area contributed by atoms with Crippen molar-refractivity contribution in [3.8, 4) is 28.8 Å². The summed E-state index contributed by atoms with van der Waals surface area (Å²) in [4.78, 5) is 17.7. The van der Waals surface area contributed by atoms with Crippen LogP contribution >= 0.6 is 0 Å². The van der Waals surface area contributed by atoms with Gasteiger partial charge in [-0.05, 0) is 66.7 Å². The molecule has 2 heterocycles. The molecule has 0 saturated heterocycles. The molecule has 4 rings (SSSR count). The van der Waals surface area contributed by atoms with Gasteiger partial charge in [0, 0.05) is 24.4 Å². The molecule has 0 aliphatic carbocycles. The molecule has 2 unspecified atom stereocenters. The van der Waals surface area contributed by atoms with Gasteiger partial charge in [-0.15, -0.1) is 0 Å². The Morgan fingerprint density at radius 2 is 2.08 bits per heavy atom. The van der Waals surface area contributed by atoms with Gasteiger partial charge in [0.1, 0.15) is 17.9 Å². The van der Waals surface area contributed by atoms with E-state index in [9.17, 15) is 15.2 Å². The Balaban J connectivity index is 1.68. The van der Waals surface area contributed by atoms with Crippen molar-refractivity contribution < 1.29 is 19.4 Å². The second kappa shape index (κ2) is 11.4. The number of carboxylic acid groups (broad SMARTS) is 1. The third kappa shape index (κ3) is 5.92. The minimum atomic E-state index is -0.799. The Hall–Kier alpha value is -3.89. The number of nitriles is 1. The summed E-state index contributed by atoms with van der Waals surface area (Å²) in [6.07, 6.45) is 3.66. The van der Waals surface area contributed by atoms with E-state index >= 15 is 0 Å². The summed E-state index contributed by atoms with van der Waals surface area (Å²) in [5, 5.41) is 19.0. The van der Waals surface area contributed by atoms with Crippen molar-refractivity contribution in [2.75, 3.05) is 20.7 Å². The lowest BCUT2D eigenvalue weighted by Gasteiger charge is -2.28. The van der Waals surface area contributed by atoms with Gasteiger partial charge in [-0.1, -0.05) is 44.2 Å². The molecule has 0 radical (unpaired) electrons. The first-order valence-electron chi connectivity index (χ1n) is 12.6. The summed E-state index contributed by atoms with van der Waals surface area (Å²) in [5.41, 5.74) is 6.57. The number of aryl methyl sites for hydroxylation is 1. The largest absolute Gasteiger partial charge is 0.485 e. The van der Waals surface area contributed by atoms with Crippen LogP contribution in [0.2, 0.25) is 0 Å². The normalized spacial score (nSPS) is 15.4. The molecular weight excluding hydrogens is 466 g/mol. The van der Waals surface area contributed by atoms with Crippen molar-refractivity contribution >= 4 is 5.97 Å². The van der Waals surface area contributed by atoms with E-state index in [4.69, 9.17) is 9.47 Å². The fourth-order valence-corrected chi connectivity index (χ4v) is 4.69. The van der Waals surface area contributed by atoms with Gasteiger partial charge in [-0.2, -0.15) is 5.26 Å². The number of aliphatic carboxylic acids is 1. The van der Waals surface area contributed by atoms with Gasteiger partial charge >= 0.3 is 5.97 Å². The minimum Gasteiger partial charge on any atom is -0.485 e. The van der Waals surface area contributed by atoms with Crippen LogP contribution in [0.3, 0.4) is 0 Å². The van der Waals surface area contributed by atoms with Crippen molar-refractivity contribution in [3.05, 3.63) is 76.5 Å². The minimum absolute atomic E-state index is 0.109. The van der Waals surface area contributed by atoms with Gasteiger partial charge in [0.2, 0.25) is 5.88 Å². The number of benzene rings is 2. The van der Waals surface area contributed by atoms with Gasteiger partial charge in [0.25, 0.3) is 0 Å². The molecule has 1 aromatic heterocycles. The highest BCUT2D eigenvalue weighted by atomic mass is 16.5. The van der Waals surface area contributed by atoms with E-state index in [1.807, 2.05) is 18.2 Å². The van der Waals surface area contributed by atoms with E-state index in [0.717, 1.165) is 65.1 Å². The van der Waals surface area contributed by atoms with E-state index in [1.165, 1.54) is 0 Å². The number of nitrogens with zero attached hydrogens (tertiary/aromatic N) is 3.